The number of carbonyl (C=O) groups is 2. The molecule has 1 aromatic rings. The van der Waals surface area contributed by atoms with Crippen LogP contribution in [0.15, 0.2) is 18.2 Å². The van der Waals surface area contributed by atoms with E-state index < -0.39 is 5.97 Å². The molecular formula is C15H21NO3. The van der Waals surface area contributed by atoms with Gasteiger partial charge < -0.3 is 10.4 Å². The summed E-state index contributed by atoms with van der Waals surface area (Å²) in [5, 5.41) is 11.6. The second-order valence-electron chi connectivity index (χ2n) is 4.96. The minimum Gasteiger partial charge on any atom is -0.481 e. The Morgan fingerprint density at radius 1 is 1.21 bits per heavy atom. The maximum absolute atomic E-state index is 12.0. The Bertz CT molecular complexity index is 448. The highest BCUT2D eigenvalue weighted by Gasteiger charge is 2.13. The van der Waals surface area contributed by atoms with Gasteiger partial charge in [0, 0.05) is 18.5 Å². The van der Waals surface area contributed by atoms with E-state index in [0.717, 1.165) is 17.5 Å². The average Bonchev–Trinajstić information content (AvgIpc) is 2.32. The van der Waals surface area contributed by atoms with Crippen molar-refractivity contribution in [3.05, 3.63) is 34.9 Å². The van der Waals surface area contributed by atoms with E-state index >= 15 is 0 Å². The first-order valence-electron chi connectivity index (χ1n) is 6.50. The van der Waals surface area contributed by atoms with Gasteiger partial charge in [0.1, 0.15) is 0 Å². The largest absolute Gasteiger partial charge is 0.481 e. The first kappa shape index (κ1) is 15.2. The molecule has 1 amide bonds. The Labute approximate surface area is 113 Å². The van der Waals surface area contributed by atoms with E-state index in [9.17, 15) is 9.59 Å². The Kier molecular flexibility index (Phi) is 5.55. The predicted molar refractivity (Wildman–Crippen MR) is 74.3 cm³/mol. The van der Waals surface area contributed by atoms with E-state index in [0.29, 0.717) is 12.1 Å². The quantitative estimate of drug-likeness (QED) is 0.828. The van der Waals surface area contributed by atoms with Crippen molar-refractivity contribution in [3.63, 3.8) is 0 Å². The molecule has 104 valence electrons. The minimum atomic E-state index is -0.826. The number of benzene rings is 1. The fourth-order valence-electron chi connectivity index (χ4n) is 2.05. The van der Waals surface area contributed by atoms with Gasteiger partial charge in [0.2, 0.25) is 0 Å². The van der Waals surface area contributed by atoms with Gasteiger partial charge in [-0.1, -0.05) is 30.5 Å². The van der Waals surface area contributed by atoms with Crippen LogP contribution >= 0.6 is 0 Å². The first-order chi connectivity index (χ1) is 8.92. The third-order valence-electron chi connectivity index (χ3n) is 3.08. The van der Waals surface area contributed by atoms with Crippen molar-refractivity contribution in [2.24, 2.45) is 5.92 Å². The van der Waals surface area contributed by atoms with Crippen LogP contribution in [0.1, 0.15) is 41.3 Å². The summed E-state index contributed by atoms with van der Waals surface area (Å²) >= 11 is 0. The lowest BCUT2D eigenvalue weighted by Gasteiger charge is -2.13. The summed E-state index contributed by atoms with van der Waals surface area (Å²) in [6, 6.07) is 5.68. The van der Waals surface area contributed by atoms with Crippen LogP contribution in [0.5, 0.6) is 0 Å². The fraction of sp³-hybridized carbons (Fsp3) is 0.467. The molecule has 0 saturated carbocycles. The highest BCUT2D eigenvalue weighted by molar-refractivity contribution is 5.94. The van der Waals surface area contributed by atoms with Crippen LogP contribution in [-0.2, 0) is 4.79 Å². The van der Waals surface area contributed by atoms with Gasteiger partial charge in [-0.15, -0.1) is 0 Å². The van der Waals surface area contributed by atoms with Gasteiger partial charge in [0.05, 0.1) is 0 Å². The summed E-state index contributed by atoms with van der Waals surface area (Å²) in [6.07, 6.45) is 0.822. The van der Waals surface area contributed by atoms with Crippen LogP contribution in [0.2, 0.25) is 0 Å². The molecule has 0 aliphatic heterocycles. The normalized spacial score (nSPS) is 11.9. The summed E-state index contributed by atoms with van der Waals surface area (Å²) in [6.45, 7) is 6.22. The van der Waals surface area contributed by atoms with Gasteiger partial charge in [-0.05, 0) is 31.9 Å². The Hall–Kier alpha value is -1.84. The maximum Gasteiger partial charge on any atom is 0.303 e. The second-order valence-corrected chi connectivity index (χ2v) is 4.96. The summed E-state index contributed by atoms with van der Waals surface area (Å²) in [5.74, 6) is -0.990. The molecule has 1 atom stereocenters. The summed E-state index contributed by atoms with van der Waals surface area (Å²) < 4.78 is 0. The molecule has 19 heavy (non-hydrogen) atoms. The molecule has 0 heterocycles. The lowest BCUT2D eigenvalue weighted by atomic mass is 10.0. The lowest BCUT2D eigenvalue weighted by molar-refractivity contribution is -0.138. The smallest absolute Gasteiger partial charge is 0.303 e. The highest BCUT2D eigenvalue weighted by Crippen LogP contribution is 2.10. The standard InChI is InChI=1S/C15H21NO3/c1-4-12(8-14(17)18)9-16-15(19)13-6-10(2)5-11(3)7-13/h5-7,12H,4,8-9H2,1-3H3,(H,16,19)(H,17,18). The number of nitrogens with one attached hydrogen (secondary N) is 1. The number of carbonyl (C=O) groups excluding carboxylic acids is 1. The van der Waals surface area contributed by atoms with Gasteiger partial charge in [-0.25, -0.2) is 0 Å². The second kappa shape index (κ2) is 6.92. The molecule has 0 fully saturated rings. The number of aliphatic carboxylic acids is 1. The zero-order chi connectivity index (χ0) is 14.4. The molecule has 0 bridgehead atoms. The van der Waals surface area contributed by atoms with Crippen molar-refractivity contribution in [2.45, 2.75) is 33.6 Å². The third kappa shape index (κ3) is 5.12. The first-order valence-corrected chi connectivity index (χ1v) is 6.50. The van der Waals surface area contributed by atoms with Crippen LogP contribution in [0.25, 0.3) is 0 Å². The predicted octanol–water partition coefficient (Wildman–Crippen LogP) is 2.53. The van der Waals surface area contributed by atoms with Gasteiger partial charge >= 0.3 is 5.97 Å². The van der Waals surface area contributed by atoms with Crippen molar-refractivity contribution >= 4 is 11.9 Å². The number of rotatable bonds is 6. The molecule has 1 rings (SSSR count). The molecule has 0 radical (unpaired) electrons. The van der Waals surface area contributed by atoms with E-state index in [1.807, 2.05) is 39.0 Å². The summed E-state index contributed by atoms with van der Waals surface area (Å²) in [7, 11) is 0. The molecule has 0 aliphatic carbocycles. The minimum absolute atomic E-state index is 0.0210. The van der Waals surface area contributed by atoms with Gasteiger partial charge in [-0.3, -0.25) is 9.59 Å². The molecule has 0 spiro atoms. The Balaban J connectivity index is 2.61. The number of hydrogen-bond acceptors (Lipinski definition) is 2. The average molecular weight is 263 g/mol. The van der Waals surface area contributed by atoms with E-state index in [2.05, 4.69) is 5.32 Å². The summed E-state index contributed by atoms with van der Waals surface area (Å²) in [5.41, 5.74) is 2.72. The Morgan fingerprint density at radius 2 is 1.79 bits per heavy atom. The monoisotopic (exact) mass is 263 g/mol. The molecule has 0 aliphatic rings. The van der Waals surface area contributed by atoms with Crippen molar-refractivity contribution in [3.8, 4) is 0 Å². The zero-order valence-electron chi connectivity index (χ0n) is 11.7. The Morgan fingerprint density at radius 3 is 2.26 bits per heavy atom. The molecule has 2 N–H and O–H groups in total. The van der Waals surface area contributed by atoms with Crippen LogP contribution in [0.3, 0.4) is 0 Å². The van der Waals surface area contributed by atoms with Crippen molar-refractivity contribution in [1.82, 2.24) is 5.32 Å². The highest BCUT2D eigenvalue weighted by atomic mass is 16.4. The van der Waals surface area contributed by atoms with Crippen molar-refractivity contribution in [2.75, 3.05) is 6.54 Å². The molecule has 0 aromatic heterocycles. The molecule has 4 nitrogen and oxygen atoms in total. The number of aryl methyl sites for hydroxylation is 2. The molecule has 0 saturated heterocycles. The van der Waals surface area contributed by atoms with Crippen molar-refractivity contribution < 1.29 is 14.7 Å². The summed E-state index contributed by atoms with van der Waals surface area (Å²) in [4.78, 5) is 22.7. The van der Waals surface area contributed by atoms with Crippen LogP contribution < -0.4 is 5.32 Å². The number of carboxylic acid groups (broad SMARTS) is 1. The van der Waals surface area contributed by atoms with E-state index in [1.165, 1.54) is 0 Å². The van der Waals surface area contributed by atoms with Crippen LogP contribution in [-0.4, -0.2) is 23.5 Å². The topological polar surface area (TPSA) is 66.4 Å². The van der Waals surface area contributed by atoms with E-state index in [4.69, 9.17) is 5.11 Å². The van der Waals surface area contributed by atoms with Gasteiger partial charge in [0.25, 0.3) is 5.91 Å². The van der Waals surface area contributed by atoms with Crippen LogP contribution in [0, 0.1) is 19.8 Å². The molecule has 1 unspecified atom stereocenters. The fourth-order valence-corrected chi connectivity index (χ4v) is 2.05. The zero-order valence-corrected chi connectivity index (χ0v) is 11.7. The van der Waals surface area contributed by atoms with Crippen molar-refractivity contribution in [1.29, 1.82) is 0 Å². The SMILES string of the molecule is CCC(CNC(=O)c1cc(C)cc(C)c1)CC(=O)O. The van der Waals surface area contributed by atoms with Crippen LogP contribution in [0.4, 0.5) is 0 Å². The van der Waals surface area contributed by atoms with E-state index in [-0.39, 0.29) is 18.2 Å². The van der Waals surface area contributed by atoms with Gasteiger partial charge in [-0.2, -0.15) is 0 Å². The number of amides is 1. The number of carboxylic acids is 1. The van der Waals surface area contributed by atoms with E-state index in [1.54, 1.807) is 0 Å². The third-order valence-corrected chi connectivity index (χ3v) is 3.08. The molecule has 4 heteroatoms. The number of hydrogen-bond donors (Lipinski definition) is 2. The lowest BCUT2D eigenvalue weighted by Crippen LogP contribution is -2.30. The molecular weight excluding hydrogens is 242 g/mol. The van der Waals surface area contributed by atoms with Gasteiger partial charge in [0.15, 0.2) is 0 Å². The maximum atomic E-state index is 12.0. The molecule has 1 aromatic carbocycles.